The summed E-state index contributed by atoms with van der Waals surface area (Å²) >= 11 is 0. The number of carbonyl (C=O) groups is 1. The van der Waals surface area contributed by atoms with E-state index < -0.39 is 0 Å². The fraction of sp³-hybridized carbons (Fsp3) is 0.250. The van der Waals surface area contributed by atoms with E-state index in [-0.39, 0.29) is 5.91 Å². The van der Waals surface area contributed by atoms with Crippen molar-refractivity contribution < 1.29 is 9.53 Å². The number of hydrogen-bond donors (Lipinski definition) is 0. The van der Waals surface area contributed by atoms with Gasteiger partial charge in [-0.3, -0.25) is 4.79 Å². The molecule has 1 aliphatic heterocycles. The van der Waals surface area contributed by atoms with Crippen LogP contribution in [0.1, 0.15) is 22.3 Å². The van der Waals surface area contributed by atoms with Crippen LogP contribution in [0, 0.1) is 6.92 Å². The number of fused-ring (bicyclic) bond motifs is 1. The summed E-state index contributed by atoms with van der Waals surface area (Å²) in [6.45, 7) is 3.48. The molecule has 0 saturated heterocycles. The third-order valence-corrected chi connectivity index (χ3v) is 4.23. The first-order chi connectivity index (χ1) is 11.2. The van der Waals surface area contributed by atoms with Crippen molar-refractivity contribution in [2.75, 3.05) is 13.7 Å². The number of carbonyl (C=O) groups excluding carboxylic acids is 1. The minimum atomic E-state index is 0.0445. The molecule has 2 aromatic carbocycles. The van der Waals surface area contributed by atoms with Gasteiger partial charge in [0.25, 0.3) is 0 Å². The van der Waals surface area contributed by atoms with Crippen molar-refractivity contribution in [1.29, 1.82) is 0 Å². The molecule has 0 aliphatic carbocycles. The molecule has 0 aromatic heterocycles. The lowest BCUT2D eigenvalue weighted by Gasteiger charge is -2.27. The molecule has 0 N–H and O–H groups in total. The Balaban J connectivity index is 1.74. The summed E-state index contributed by atoms with van der Waals surface area (Å²) in [5.41, 5.74) is 4.66. The predicted octanol–water partition coefficient (Wildman–Crippen LogP) is 3.60. The van der Waals surface area contributed by atoms with Crippen molar-refractivity contribution in [3.63, 3.8) is 0 Å². The number of ether oxygens (including phenoxy) is 1. The van der Waals surface area contributed by atoms with Gasteiger partial charge in [0.2, 0.25) is 5.91 Å². The van der Waals surface area contributed by atoms with Crippen LogP contribution in [0.25, 0.3) is 6.08 Å². The quantitative estimate of drug-likeness (QED) is 0.811. The first-order valence-corrected chi connectivity index (χ1v) is 7.86. The molecule has 2 aromatic rings. The molecule has 0 spiro atoms. The highest BCUT2D eigenvalue weighted by Gasteiger charge is 2.18. The van der Waals surface area contributed by atoms with Gasteiger partial charge in [0.1, 0.15) is 5.75 Å². The normalized spacial score (nSPS) is 13.9. The van der Waals surface area contributed by atoms with E-state index in [0.29, 0.717) is 6.54 Å². The first kappa shape index (κ1) is 15.3. The maximum absolute atomic E-state index is 12.5. The molecule has 1 amide bonds. The molecule has 1 aliphatic rings. The SMILES string of the molecule is COc1ccc(C)cc1/C=C/C(=O)N1CCc2ccccc2C1. The van der Waals surface area contributed by atoms with E-state index in [4.69, 9.17) is 4.74 Å². The molecule has 0 bridgehead atoms. The monoisotopic (exact) mass is 307 g/mol. The highest BCUT2D eigenvalue weighted by atomic mass is 16.5. The van der Waals surface area contributed by atoms with Gasteiger partial charge < -0.3 is 9.64 Å². The van der Waals surface area contributed by atoms with Crippen molar-refractivity contribution in [3.8, 4) is 5.75 Å². The van der Waals surface area contributed by atoms with Crippen LogP contribution in [0.2, 0.25) is 0 Å². The van der Waals surface area contributed by atoms with Crippen LogP contribution in [0.4, 0.5) is 0 Å². The second kappa shape index (κ2) is 6.69. The molecule has 0 atom stereocenters. The van der Waals surface area contributed by atoms with E-state index in [1.54, 1.807) is 13.2 Å². The highest BCUT2D eigenvalue weighted by Crippen LogP contribution is 2.22. The molecule has 1 heterocycles. The first-order valence-electron chi connectivity index (χ1n) is 7.86. The number of benzene rings is 2. The third-order valence-electron chi connectivity index (χ3n) is 4.23. The summed E-state index contributed by atoms with van der Waals surface area (Å²) in [6.07, 6.45) is 4.41. The van der Waals surface area contributed by atoms with E-state index in [1.165, 1.54) is 11.1 Å². The maximum Gasteiger partial charge on any atom is 0.246 e. The van der Waals surface area contributed by atoms with Crippen molar-refractivity contribution in [3.05, 3.63) is 70.8 Å². The number of methoxy groups -OCH3 is 1. The van der Waals surface area contributed by atoms with Crippen LogP contribution in [-0.2, 0) is 17.8 Å². The number of nitrogens with zero attached hydrogens (tertiary/aromatic N) is 1. The van der Waals surface area contributed by atoms with Crippen LogP contribution in [0.3, 0.4) is 0 Å². The molecule has 3 nitrogen and oxygen atoms in total. The Kier molecular flexibility index (Phi) is 4.47. The number of aryl methyl sites for hydroxylation is 1. The van der Waals surface area contributed by atoms with Gasteiger partial charge in [-0.05, 0) is 42.7 Å². The summed E-state index contributed by atoms with van der Waals surface area (Å²) in [6, 6.07) is 14.3. The van der Waals surface area contributed by atoms with E-state index in [9.17, 15) is 4.79 Å². The van der Waals surface area contributed by atoms with Crippen LogP contribution >= 0.6 is 0 Å². The summed E-state index contributed by atoms with van der Waals surface area (Å²) in [7, 11) is 1.64. The van der Waals surface area contributed by atoms with E-state index in [2.05, 4.69) is 18.2 Å². The van der Waals surface area contributed by atoms with Crippen LogP contribution < -0.4 is 4.74 Å². The summed E-state index contributed by atoms with van der Waals surface area (Å²) in [5.74, 6) is 0.826. The summed E-state index contributed by atoms with van der Waals surface area (Å²) in [4.78, 5) is 14.4. The van der Waals surface area contributed by atoms with Gasteiger partial charge in [0.05, 0.1) is 7.11 Å². The van der Waals surface area contributed by atoms with Gasteiger partial charge in [-0.25, -0.2) is 0 Å². The Morgan fingerprint density at radius 3 is 2.74 bits per heavy atom. The maximum atomic E-state index is 12.5. The Hall–Kier alpha value is -2.55. The minimum absolute atomic E-state index is 0.0445. The average Bonchev–Trinajstić information content (AvgIpc) is 2.59. The van der Waals surface area contributed by atoms with Gasteiger partial charge >= 0.3 is 0 Å². The summed E-state index contributed by atoms with van der Waals surface area (Å²) < 4.78 is 5.35. The van der Waals surface area contributed by atoms with E-state index in [1.807, 2.05) is 42.2 Å². The zero-order valence-corrected chi connectivity index (χ0v) is 13.6. The molecule has 3 heteroatoms. The molecule has 23 heavy (non-hydrogen) atoms. The van der Waals surface area contributed by atoms with Gasteiger partial charge in [-0.15, -0.1) is 0 Å². The highest BCUT2D eigenvalue weighted by molar-refractivity contribution is 5.92. The number of hydrogen-bond acceptors (Lipinski definition) is 2. The topological polar surface area (TPSA) is 29.5 Å². The predicted molar refractivity (Wildman–Crippen MR) is 92.3 cm³/mol. The van der Waals surface area contributed by atoms with Gasteiger partial charge in [-0.1, -0.05) is 35.9 Å². The van der Waals surface area contributed by atoms with Crippen molar-refractivity contribution in [1.82, 2.24) is 4.90 Å². The van der Waals surface area contributed by atoms with Gasteiger partial charge in [0, 0.05) is 24.7 Å². The zero-order chi connectivity index (χ0) is 16.2. The molecular formula is C20H21NO2. The van der Waals surface area contributed by atoms with Crippen molar-refractivity contribution in [2.45, 2.75) is 19.9 Å². The zero-order valence-electron chi connectivity index (χ0n) is 13.6. The lowest BCUT2D eigenvalue weighted by molar-refractivity contribution is -0.126. The van der Waals surface area contributed by atoms with Gasteiger partial charge in [0.15, 0.2) is 0 Å². The largest absolute Gasteiger partial charge is 0.496 e. The van der Waals surface area contributed by atoms with Crippen LogP contribution in [-0.4, -0.2) is 24.5 Å². The van der Waals surface area contributed by atoms with Crippen LogP contribution in [0.15, 0.2) is 48.5 Å². The second-order valence-electron chi connectivity index (χ2n) is 5.86. The fourth-order valence-corrected chi connectivity index (χ4v) is 2.93. The molecule has 3 rings (SSSR count). The van der Waals surface area contributed by atoms with E-state index >= 15 is 0 Å². The molecule has 118 valence electrons. The van der Waals surface area contributed by atoms with Crippen molar-refractivity contribution >= 4 is 12.0 Å². The Bertz CT molecular complexity index is 749. The fourth-order valence-electron chi connectivity index (χ4n) is 2.93. The standard InChI is InChI=1S/C20H21NO2/c1-15-7-9-19(23-2)17(13-15)8-10-20(22)21-12-11-16-5-3-4-6-18(16)14-21/h3-10,13H,11-12,14H2,1-2H3/b10-8+. The van der Waals surface area contributed by atoms with Crippen LogP contribution in [0.5, 0.6) is 5.75 Å². The number of rotatable bonds is 3. The van der Waals surface area contributed by atoms with Gasteiger partial charge in [-0.2, -0.15) is 0 Å². The lowest BCUT2D eigenvalue weighted by atomic mass is 10.00. The number of amides is 1. The molecule has 0 unspecified atom stereocenters. The third kappa shape index (κ3) is 3.45. The minimum Gasteiger partial charge on any atom is -0.496 e. The Labute approximate surface area is 137 Å². The van der Waals surface area contributed by atoms with Crippen molar-refractivity contribution in [2.24, 2.45) is 0 Å². The molecular weight excluding hydrogens is 286 g/mol. The molecule has 0 saturated carbocycles. The lowest BCUT2D eigenvalue weighted by Crippen LogP contribution is -2.34. The second-order valence-corrected chi connectivity index (χ2v) is 5.86. The summed E-state index contributed by atoms with van der Waals surface area (Å²) in [5, 5.41) is 0. The van der Waals surface area contributed by atoms with E-state index in [0.717, 1.165) is 29.8 Å². The average molecular weight is 307 g/mol. The Morgan fingerprint density at radius 1 is 1.17 bits per heavy atom. The Morgan fingerprint density at radius 2 is 1.96 bits per heavy atom. The molecule has 0 fully saturated rings. The smallest absolute Gasteiger partial charge is 0.246 e. The molecule has 0 radical (unpaired) electrons.